The van der Waals surface area contributed by atoms with Gasteiger partial charge in [-0.25, -0.2) is 4.79 Å². The van der Waals surface area contributed by atoms with E-state index in [0.717, 1.165) is 12.1 Å². The fourth-order valence-electron chi connectivity index (χ4n) is 2.76. The molecule has 2 aromatic carbocycles. The summed E-state index contributed by atoms with van der Waals surface area (Å²) in [7, 11) is 2.00. The van der Waals surface area contributed by atoms with Crippen LogP contribution in [0.15, 0.2) is 57.7 Å². The number of hydrogen-bond donors (Lipinski definition) is 0. The zero-order valence-corrected chi connectivity index (χ0v) is 13.8. The van der Waals surface area contributed by atoms with Gasteiger partial charge in [0.15, 0.2) is 5.58 Å². The van der Waals surface area contributed by atoms with Crippen LogP contribution in [0.3, 0.4) is 0 Å². The maximum atomic E-state index is 12.0. The molecule has 1 aromatic heterocycles. The third kappa shape index (κ3) is 3.37. The van der Waals surface area contributed by atoms with E-state index in [1.807, 2.05) is 31.3 Å². The minimum absolute atomic E-state index is 0.312. The van der Waals surface area contributed by atoms with Crippen molar-refractivity contribution in [2.45, 2.75) is 33.0 Å². The molecule has 0 fully saturated rings. The first-order chi connectivity index (χ1) is 11.0. The Balaban J connectivity index is 1.74. The van der Waals surface area contributed by atoms with Gasteiger partial charge >= 0.3 is 5.76 Å². The topological polar surface area (TPSA) is 38.4 Å². The molecule has 120 valence electrons. The van der Waals surface area contributed by atoms with Gasteiger partial charge in [0.2, 0.25) is 0 Å². The van der Waals surface area contributed by atoms with Gasteiger partial charge in [-0.2, -0.15) is 0 Å². The molecule has 4 heteroatoms. The molecular formula is C19H22N2O2. The van der Waals surface area contributed by atoms with Gasteiger partial charge in [0.25, 0.3) is 0 Å². The van der Waals surface area contributed by atoms with Crippen molar-refractivity contribution in [3.8, 4) is 0 Å². The van der Waals surface area contributed by atoms with E-state index in [1.54, 1.807) is 4.57 Å². The van der Waals surface area contributed by atoms with E-state index in [-0.39, 0.29) is 5.76 Å². The number of hydrogen-bond acceptors (Lipinski definition) is 3. The number of benzene rings is 2. The summed E-state index contributed by atoms with van der Waals surface area (Å²) in [6.45, 7) is 5.67. The molecule has 1 heterocycles. The molecule has 0 saturated carbocycles. The highest BCUT2D eigenvalue weighted by molar-refractivity contribution is 5.72. The molecule has 0 radical (unpaired) electrons. The monoisotopic (exact) mass is 310 g/mol. The van der Waals surface area contributed by atoms with Crippen molar-refractivity contribution in [3.63, 3.8) is 0 Å². The minimum Gasteiger partial charge on any atom is -0.408 e. The lowest BCUT2D eigenvalue weighted by Gasteiger charge is -2.17. The molecule has 0 atom stereocenters. The quantitative estimate of drug-likeness (QED) is 0.719. The van der Waals surface area contributed by atoms with Gasteiger partial charge in [-0.15, -0.1) is 0 Å². The minimum atomic E-state index is -0.312. The molecule has 3 rings (SSSR count). The largest absolute Gasteiger partial charge is 0.421 e. The van der Waals surface area contributed by atoms with E-state index in [1.165, 1.54) is 11.1 Å². The Morgan fingerprint density at radius 3 is 2.48 bits per heavy atom. The molecule has 0 aliphatic heterocycles. The Kier molecular flexibility index (Phi) is 4.35. The van der Waals surface area contributed by atoms with Gasteiger partial charge in [0.1, 0.15) is 0 Å². The maximum absolute atomic E-state index is 12.0. The molecule has 0 aliphatic carbocycles. The molecule has 0 bridgehead atoms. The molecule has 0 saturated heterocycles. The van der Waals surface area contributed by atoms with Crippen LogP contribution >= 0.6 is 0 Å². The first-order valence-corrected chi connectivity index (χ1v) is 7.90. The lowest BCUT2D eigenvalue weighted by molar-refractivity contribution is 0.253. The molecule has 0 N–H and O–H groups in total. The average Bonchev–Trinajstić information content (AvgIpc) is 2.84. The Morgan fingerprint density at radius 2 is 1.78 bits per heavy atom. The number of para-hydroxylation sites is 2. The third-order valence-corrected chi connectivity index (χ3v) is 4.06. The fourth-order valence-corrected chi connectivity index (χ4v) is 2.76. The number of aromatic nitrogens is 1. The highest BCUT2D eigenvalue weighted by atomic mass is 16.4. The first-order valence-electron chi connectivity index (χ1n) is 7.90. The maximum Gasteiger partial charge on any atom is 0.421 e. The SMILES string of the molecule is CC(C)c1ccc(CN(C)Cn2c(=O)oc3ccccc32)cc1. The zero-order chi connectivity index (χ0) is 16.4. The summed E-state index contributed by atoms with van der Waals surface area (Å²) in [6.07, 6.45) is 0. The van der Waals surface area contributed by atoms with Crippen LogP contribution in [0.25, 0.3) is 11.1 Å². The van der Waals surface area contributed by atoms with Crippen molar-refractivity contribution in [2.75, 3.05) is 7.05 Å². The lowest BCUT2D eigenvalue weighted by atomic mass is 10.0. The summed E-state index contributed by atoms with van der Waals surface area (Å²) in [5.74, 6) is 0.228. The summed E-state index contributed by atoms with van der Waals surface area (Å²) in [5.41, 5.74) is 4.04. The number of rotatable bonds is 5. The van der Waals surface area contributed by atoms with Crippen LogP contribution in [0.2, 0.25) is 0 Å². The van der Waals surface area contributed by atoms with Gasteiger partial charge < -0.3 is 4.42 Å². The van der Waals surface area contributed by atoms with Crippen LogP contribution in [0.1, 0.15) is 30.9 Å². The van der Waals surface area contributed by atoms with E-state index < -0.39 is 0 Å². The lowest BCUT2D eigenvalue weighted by Crippen LogP contribution is -2.27. The Hall–Kier alpha value is -2.33. The summed E-state index contributed by atoms with van der Waals surface area (Å²) in [6, 6.07) is 16.2. The fraction of sp³-hybridized carbons (Fsp3) is 0.316. The van der Waals surface area contributed by atoms with Crippen molar-refractivity contribution < 1.29 is 4.42 Å². The van der Waals surface area contributed by atoms with Crippen molar-refractivity contribution in [3.05, 3.63) is 70.2 Å². The standard InChI is InChI=1S/C19H22N2O2/c1-14(2)16-10-8-15(9-11-16)12-20(3)13-21-17-6-4-5-7-18(17)23-19(21)22/h4-11,14H,12-13H2,1-3H3. The second kappa shape index (κ2) is 6.42. The first kappa shape index (κ1) is 15.6. The van der Waals surface area contributed by atoms with Crippen molar-refractivity contribution in [2.24, 2.45) is 0 Å². The summed E-state index contributed by atoms with van der Waals surface area (Å²) in [4.78, 5) is 14.1. The van der Waals surface area contributed by atoms with Gasteiger partial charge in [-0.3, -0.25) is 9.47 Å². The van der Waals surface area contributed by atoms with Crippen LogP contribution in [0.4, 0.5) is 0 Å². The molecule has 0 unspecified atom stereocenters. The van der Waals surface area contributed by atoms with E-state index in [9.17, 15) is 4.79 Å². The Morgan fingerprint density at radius 1 is 1.09 bits per heavy atom. The molecule has 23 heavy (non-hydrogen) atoms. The van der Waals surface area contributed by atoms with Crippen molar-refractivity contribution in [1.82, 2.24) is 9.47 Å². The molecule has 0 aliphatic rings. The van der Waals surface area contributed by atoms with Gasteiger partial charge in [0.05, 0.1) is 12.2 Å². The average molecular weight is 310 g/mol. The molecular weight excluding hydrogens is 288 g/mol. The second-order valence-corrected chi connectivity index (χ2v) is 6.32. The number of nitrogens with zero attached hydrogens (tertiary/aromatic N) is 2. The number of fused-ring (bicyclic) bond motifs is 1. The summed E-state index contributed by atoms with van der Waals surface area (Å²) < 4.78 is 6.94. The predicted molar refractivity (Wildman–Crippen MR) is 92.5 cm³/mol. The molecule has 3 aromatic rings. The van der Waals surface area contributed by atoms with Crippen LogP contribution in [-0.4, -0.2) is 16.5 Å². The predicted octanol–water partition coefficient (Wildman–Crippen LogP) is 3.81. The van der Waals surface area contributed by atoms with Crippen LogP contribution in [0.5, 0.6) is 0 Å². The normalized spacial score (nSPS) is 11.7. The molecule has 4 nitrogen and oxygen atoms in total. The Bertz CT molecular complexity index is 844. The Labute approximate surface area is 136 Å². The number of oxazole rings is 1. The van der Waals surface area contributed by atoms with Crippen molar-refractivity contribution >= 4 is 11.1 Å². The van der Waals surface area contributed by atoms with E-state index in [4.69, 9.17) is 4.42 Å². The van der Waals surface area contributed by atoms with E-state index in [0.29, 0.717) is 18.2 Å². The summed E-state index contributed by atoms with van der Waals surface area (Å²) in [5, 5.41) is 0. The van der Waals surface area contributed by atoms with Gasteiger partial charge in [-0.05, 0) is 36.2 Å². The van der Waals surface area contributed by atoms with Gasteiger partial charge in [0, 0.05) is 6.54 Å². The molecule has 0 spiro atoms. The van der Waals surface area contributed by atoms with Crippen LogP contribution in [0, 0.1) is 0 Å². The molecule has 0 amide bonds. The highest BCUT2D eigenvalue weighted by Gasteiger charge is 2.10. The van der Waals surface area contributed by atoms with Crippen LogP contribution < -0.4 is 5.76 Å². The highest BCUT2D eigenvalue weighted by Crippen LogP contribution is 2.16. The summed E-state index contributed by atoms with van der Waals surface area (Å²) >= 11 is 0. The van der Waals surface area contributed by atoms with Gasteiger partial charge in [-0.1, -0.05) is 50.2 Å². The zero-order valence-electron chi connectivity index (χ0n) is 13.8. The third-order valence-electron chi connectivity index (χ3n) is 4.06. The van der Waals surface area contributed by atoms with E-state index >= 15 is 0 Å². The second-order valence-electron chi connectivity index (χ2n) is 6.32. The smallest absolute Gasteiger partial charge is 0.408 e. The van der Waals surface area contributed by atoms with Crippen molar-refractivity contribution in [1.29, 1.82) is 0 Å². The van der Waals surface area contributed by atoms with Crippen LogP contribution in [-0.2, 0) is 13.2 Å². The van der Waals surface area contributed by atoms with E-state index in [2.05, 4.69) is 43.0 Å².